The maximum absolute atomic E-state index is 13.0. The van der Waals surface area contributed by atoms with Crippen LogP contribution in [0.4, 0.5) is 4.39 Å². The quantitative estimate of drug-likeness (QED) is 0.686. The molecule has 122 valence electrons. The lowest BCUT2D eigenvalue weighted by molar-refractivity contribution is 0.0730. The molecule has 0 spiro atoms. The molecule has 1 aromatic carbocycles. The van der Waals surface area contributed by atoms with Crippen molar-refractivity contribution in [3.05, 3.63) is 33.1 Å². The molecule has 0 unspecified atom stereocenters. The standard InChI is InChI=1S/C13H16FIN2O4S/c14-10-1-2-11(12(15)9-10)13(18)16-3-8-22(19,20)17-4-6-21-7-5-17/h1-2,9H,3-8H2,(H,16,18). The van der Waals surface area contributed by atoms with E-state index in [1.807, 2.05) is 22.6 Å². The number of nitrogens with one attached hydrogen (secondary N) is 1. The molecule has 1 heterocycles. The Bertz CT molecular complexity index is 647. The van der Waals surface area contributed by atoms with Crippen LogP contribution in [0, 0.1) is 9.39 Å². The zero-order chi connectivity index (χ0) is 16.2. The zero-order valence-electron chi connectivity index (χ0n) is 11.7. The molecule has 2 rings (SSSR count). The maximum atomic E-state index is 13.0. The van der Waals surface area contributed by atoms with E-state index in [9.17, 15) is 17.6 Å². The molecule has 1 saturated heterocycles. The molecule has 22 heavy (non-hydrogen) atoms. The lowest BCUT2D eigenvalue weighted by atomic mass is 10.2. The first-order valence-corrected chi connectivity index (χ1v) is 9.38. The molecule has 1 aliphatic heterocycles. The summed E-state index contributed by atoms with van der Waals surface area (Å²) in [6.45, 7) is 1.46. The minimum absolute atomic E-state index is 0.00593. The lowest BCUT2D eigenvalue weighted by Crippen LogP contribution is -2.43. The number of benzene rings is 1. The predicted octanol–water partition coefficient (Wildman–Crippen LogP) is 0.822. The second kappa shape index (κ2) is 7.66. The highest BCUT2D eigenvalue weighted by Gasteiger charge is 2.24. The highest BCUT2D eigenvalue weighted by molar-refractivity contribution is 14.1. The smallest absolute Gasteiger partial charge is 0.252 e. The number of nitrogens with zero attached hydrogens (tertiary/aromatic N) is 1. The van der Waals surface area contributed by atoms with Crippen LogP contribution in [0.1, 0.15) is 10.4 Å². The van der Waals surface area contributed by atoms with Gasteiger partial charge in [-0.1, -0.05) is 0 Å². The van der Waals surface area contributed by atoms with Crippen molar-refractivity contribution in [2.75, 3.05) is 38.6 Å². The summed E-state index contributed by atoms with van der Waals surface area (Å²) in [4.78, 5) is 12.0. The average Bonchev–Trinajstić information content (AvgIpc) is 2.47. The lowest BCUT2D eigenvalue weighted by Gasteiger charge is -2.26. The van der Waals surface area contributed by atoms with Gasteiger partial charge in [-0.15, -0.1) is 0 Å². The third kappa shape index (κ3) is 4.61. The van der Waals surface area contributed by atoms with Gasteiger partial charge in [0.1, 0.15) is 5.82 Å². The summed E-state index contributed by atoms with van der Waals surface area (Å²) in [5.41, 5.74) is 0.325. The van der Waals surface area contributed by atoms with Gasteiger partial charge >= 0.3 is 0 Å². The van der Waals surface area contributed by atoms with E-state index >= 15 is 0 Å². The summed E-state index contributed by atoms with van der Waals surface area (Å²) in [6, 6.07) is 3.82. The van der Waals surface area contributed by atoms with Crippen LogP contribution in [0.25, 0.3) is 0 Å². The summed E-state index contributed by atoms with van der Waals surface area (Å²) in [5, 5.41) is 2.55. The van der Waals surface area contributed by atoms with Crippen LogP contribution in [-0.2, 0) is 14.8 Å². The van der Waals surface area contributed by atoms with Gasteiger partial charge in [-0.2, -0.15) is 4.31 Å². The van der Waals surface area contributed by atoms with E-state index in [4.69, 9.17) is 4.74 Å². The highest BCUT2D eigenvalue weighted by Crippen LogP contribution is 2.13. The van der Waals surface area contributed by atoms with Crippen LogP contribution in [-0.4, -0.2) is 57.2 Å². The Labute approximate surface area is 142 Å². The second-order valence-corrected chi connectivity index (χ2v) is 7.96. The Morgan fingerprint density at radius 3 is 2.68 bits per heavy atom. The van der Waals surface area contributed by atoms with Crippen LogP contribution < -0.4 is 5.32 Å². The van der Waals surface area contributed by atoms with Crippen molar-refractivity contribution in [1.29, 1.82) is 0 Å². The van der Waals surface area contributed by atoms with Gasteiger partial charge in [-0.3, -0.25) is 4.79 Å². The second-order valence-electron chi connectivity index (χ2n) is 4.71. The number of rotatable bonds is 5. The van der Waals surface area contributed by atoms with E-state index in [2.05, 4.69) is 5.32 Å². The number of carbonyl (C=O) groups excluding carboxylic acids is 1. The topological polar surface area (TPSA) is 75.7 Å². The van der Waals surface area contributed by atoms with Crippen molar-refractivity contribution < 1.29 is 22.3 Å². The molecular weight excluding hydrogens is 426 g/mol. The zero-order valence-corrected chi connectivity index (χ0v) is 14.7. The van der Waals surface area contributed by atoms with E-state index < -0.39 is 21.7 Å². The van der Waals surface area contributed by atoms with Crippen molar-refractivity contribution >= 4 is 38.5 Å². The van der Waals surface area contributed by atoms with Gasteiger partial charge in [-0.05, 0) is 40.8 Å². The summed E-state index contributed by atoms with van der Waals surface area (Å²) < 4.78 is 44.1. The predicted molar refractivity (Wildman–Crippen MR) is 87.6 cm³/mol. The number of ether oxygens (including phenoxy) is 1. The van der Waals surface area contributed by atoms with Crippen molar-refractivity contribution in [2.24, 2.45) is 0 Å². The van der Waals surface area contributed by atoms with Crippen LogP contribution in [0.2, 0.25) is 0 Å². The van der Waals surface area contributed by atoms with Gasteiger partial charge in [0.15, 0.2) is 0 Å². The third-order valence-corrected chi connectivity index (χ3v) is 5.95. The van der Waals surface area contributed by atoms with E-state index in [0.717, 1.165) is 0 Å². The third-order valence-electron chi connectivity index (χ3n) is 3.18. The van der Waals surface area contributed by atoms with E-state index in [-0.39, 0.29) is 12.3 Å². The largest absolute Gasteiger partial charge is 0.379 e. The summed E-state index contributed by atoms with van der Waals surface area (Å²) in [7, 11) is -3.40. The molecule has 0 radical (unpaired) electrons. The molecule has 0 saturated carbocycles. The molecule has 0 aliphatic carbocycles. The summed E-state index contributed by atoms with van der Waals surface area (Å²) in [5.74, 6) is -1.01. The van der Waals surface area contributed by atoms with E-state index in [1.165, 1.54) is 22.5 Å². The van der Waals surface area contributed by atoms with Crippen LogP contribution in [0.5, 0.6) is 0 Å². The highest BCUT2D eigenvalue weighted by atomic mass is 127. The van der Waals surface area contributed by atoms with Gasteiger partial charge in [0.25, 0.3) is 5.91 Å². The normalized spacial score (nSPS) is 16.5. The van der Waals surface area contributed by atoms with Crippen molar-refractivity contribution in [1.82, 2.24) is 9.62 Å². The Morgan fingerprint density at radius 1 is 1.36 bits per heavy atom. The number of morpholine rings is 1. The number of carbonyl (C=O) groups is 1. The van der Waals surface area contributed by atoms with Crippen LogP contribution in [0.3, 0.4) is 0 Å². The van der Waals surface area contributed by atoms with E-state index in [0.29, 0.717) is 35.4 Å². The number of amides is 1. The molecule has 1 amide bonds. The molecular formula is C13H16FIN2O4S. The Morgan fingerprint density at radius 2 is 2.05 bits per heavy atom. The number of halogens is 2. The van der Waals surface area contributed by atoms with Crippen molar-refractivity contribution in [3.8, 4) is 0 Å². The van der Waals surface area contributed by atoms with Gasteiger partial charge in [0.2, 0.25) is 10.0 Å². The summed E-state index contributed by atoms with van der Waals surface area (Å²) in [6.07, 6.45) is 0. The average molecular weight is 442 g/mol. The fraction of sp³-hybridized carbons (Fsp3) is 0.462. The van der Waals surface area contributed by atoms with Gasteiger partial charge in [-0.25, -0.2) is 12.8 Å². The maximum Gasteiger partial charge on any atom is 0.252 e. The minimum atomic E-state index is -3.40. The number of hydrogen-bond donors (Lipinski definition) is 1. The molecule has 0 bridgehead atoms. The first-order chi connectivity index (χ1) is 10.4. The van der Waals surface area contributed by atoms with E-state index in [1.54, 1.807) is 0 Å². The SMILES string of the molecule is O=C(NCCS(=O)(=O)N1CCOCC1)c1ccc(F)cc1I. The fourth-order valence-corrected chi connectivity index (χ4v) is 4.06. The fourth-order valence-electron chi connectivity index (χ4n) is 2.02. The van der Waals surface area contributed by atoms with Crippen molar-refractivity contribution in [3.63, 3.8) is 0 Å². The molecule has 6 nitrogen and oxygen atoms in total. The monoisotopic (exact) mass is 442 g/mol. The number of sulfonamides is 1. The molecule has 1 fully saturated rings. The first kappa shape index (κ1) is 17.6. The molecule has 9 heteroatoms. The molecule has 0 aromatic heterocycles. The number of hydrogen-bond acceptors (Lipinski definition) is 4. The molecule has 1 aromatic rings. The Kier molecular flexibility index (Phi) is 6.12. The van der Waals surface area contributed by atoms with Gasteiger partial charge < -0.3 is 10.1 Å². The van der Waals surface area contributed by atoms with Crippen LogP contribution >= 0.6 is 22.6 Å². The van der Waals surface area contributed by atoms with Crippen molar-refractivity contribution in [2.45, 2.75) is 0 Å². The Balaban J connectivity index is 1.88. The summed E-state index contributed by atoms with van der Waals surface area (Å²) >= 11 is 1.86. The molecule has 1 N–H and O–H groups in total. The first-order valence-electron chi connectivity index (χ1n) is 6.69. The molecule has 0 atom stereocenters. The van der Waals surface area contributed by atoms with Crippen LogP contribution in [0.15, 0.2) is 18.2 Å². The molecule has 1 aliphatic rings. The van der Waals surface area contributed by atoms with Gasteiger partial charge in [0, 0.05) is 23.2 Å². The Hall–Kier alpha value is -0.780. The minimum Gasteiger partial charge on any atom is -0.379 e. The van der Waals surface area contributed by atoms with Gasteiger partial charge in [0.05, 0.1) is 24.5 Å².